The number of carbonyl (C=O) groups is 1. The average molecular weight is 401 g/mol. The minimum absolute atomic E-state index is 0.00160. The summed E-state index contributed by atoms with van der Waals surface area (Å²) in [5, 5.41) is 3.07. The van der Waals surface area contributed by atoms with Gasteiger partial charge in [0.25, 0.3) is 0 Å². The Hall–Kier alpha value is -0.920. The summed E-state index contributed by atoms with van der Waals surface area (Å²) < 4.78 is 27.4. The highest BCUT2D eigenvalue weighted by Crippen LogP contribution is 2.29. The van der Waals surface area contributed by atoms with Crippen molar-refractivity contribution in [3.05, 3.63) is 28.7 Å². The minimum atomic E-state index is -3.56. The molecule has 2 fully saturated rings. The van der Waals surface area contributed by atoms with Crippen LogP contribution in [0.3, 0.4) is 0 Å². The van der Waals surface area contributed by atoms with Gasteiger partial charge in [0, 0.05) is 23.6 Å². The van der Waals surface area contributed by atoms with Crippen molar-refractivity contribution in [2.75, 3.05) is 13.1 Å². The SMILES string of the molecule is O=C(NC1CCCC1)C1CCN(S(=O)(=O)c2ccccc2Br)C1. The van der Waals surface area contributed by atoms with Crippen molar-refractivity contribution in [2.24, 2.45) is 5.92 Å². The molecule has 1 amide bonds. The van der Waals surface area contributed by atoms with E-state index >= 15 is 0 Å². The van der Waals surface area contributed by atoms with Crippen LogP contribution in [0, 0.1) is 5.92 Å². The lowest BCUT2D eigenvalue weighted by Crippen LogP contribution is -2.39. The van der Waals surface area contributed by atoms with Crippen molar-refractivity contribution in [2.45, 2.75) is 43.0 Å². The van der Waals surface area contributed by atoms with Gasteiger partial charge in [-0.15, -0.1) is 0 Å². The minimum Gasteiger partial charge on any atom is -0.353 e. The normalized spacial score (nSPS) is 23.3. The second kappa shape index (κ2) is 6.91. The van der Waals surface area contributed by atoms with Gasteiger partial charge in [-0.25, -0.2) is 8.42 Å². The molecule has 5 nitrogen and oxygen atoms in total. The van der Waals surface area contributed by atoms with Crippen molar-refractivity contribution in [1.29, 1.82) is 0 Å². The highest BCUT2D eigenvalue weighted by Gasteiger charge is 2.37. The molecule has 0 spiro atoms. The van der Waals surface area contributed by atoms with E-state index in [0.717, 1.165) is 25.7 Å². The Balaban J connectivity index is 1.67. The molecular formula is C16H21BrN2O3S. The van der Waals surface area contributed by atoms with Crippen LogP contribution in [-0.4, -0.2) is 37.8 Å². The van der Waals surface area contributed by atoms with Crippen molar-refractivity contribution >= 4 is 31.9 Å². The summed E-state index contributed by atoms with van der Waals surface area (Å²) in [4.78, 5) is 12.6. The monoisotopic (exact) mass is 400 g/mol. The van der Waals surface area contributed by atoms with E-state index < -0.39 is 10.0 Å². The van der Waals surface area contributed by atoms with Crippen LogP contribution in [-0.2, 0) is 14.8 Å². The van der Waals surface area contributed by atoms with Crippen LogP contribution in [0.1, 0.15) is 32.1 Å². The van der Waals surface area contributed by atoms with Crippen molar-refractivity contribution < 1.29 is 13.2 Å². The predicted octanol–water partition coefficient (Wildman–Crippen LogP) is 2.52. The Morgan fingerprint density at radius 1 is 1.17 bits per heavy atom. The van der Waals surface area contributed by atoms with Crippen LogP contribution in [0.15, 0.2) is 33.6 Å². The smallest absolute Gasteiger partial charge is 0.244 e. The quantitative estimate of drug-likeness (QED) is 0.843. The molecule has 23 heavy (non-hydrogen) atoms. The number of hydrogen-bond acceptors (Lipinski definition) is 3. The molecule has 1 N–H and O–H groups in total. The fourth-order valence-electron chi connectivity index (χ4n) is 3.34. The topological polar surface area (TPSA) is 66.5 Å². The summed E-state index contributed by atoms with van der Waals surface area (Å²) >= 11 is 3.30. The highest BCUT2D eigenvalue weighted by atomic mass is 79.9. The van der Waals surface area contributed by atoms with Gasteiger partial charge in [0.1, 0.15) is 0 Å². The number of amides is 1. The first kappa shape index (κ1) is 16.9. The number of hydrogen-bond donors (Lipinski definition) is 1. The summed E-state index contributed by atoms with van der Waals surface area (Å²) in [5.74, 6) is -0.241. The van der Waals surface area contributed by atoms with Gasteiger partial charge in [0.2, 0.25) is 15.9 Å². The van der Waals surface area contributed by atoms with E-state index in [9.17, 15) is 13.2 Å². The van der Waals surface area contributed by atoms with Crippen LogP contribution in [0.2, 0.25) is 0 Å². The largest absolute Gasteiger partial charge is 0.353 e. The zero-order chi connectivity index (χ0) is 16.4. The number of nitrogens with one attached hydrogen (secondary N) is 1. The molecule has 1 saturated carbocycles. The number of carbonyl (C=O) groups excluding carboxylic acids is 1. The van der Waals surface area contributed by atoms with Gasteiger partial charge in [0.15, 0.2) is 0 Å². The van der Waals surface area contributed by atoms with Crippen LogP contribution in [0.4, 0.5) is 0 Å². The number of rotatable bonds is 4. The van der Waals surface area contributed by atoms with Gasteiger partial charge in [-0.1, -0.05) is 25.0 Å². The van der Waals surface area contributed by atoms with Crippen molar-refractivity contribution in [3.63, 3.8) is 0 Å². The molecule has 7 heteroatoms. The van der Waals surface area contributed by atoms with Crippen molar-refractivity contribution in [3.8, 4) is 0 Å². The number of halogens is 1. The third kappa shape index (κ3) is 3.61. The highest BCUT2D eigenvalue weighted by molar-refractivity contribution is 9.10. The molecule has 1 aromatic carbocycles. The van der Waals surface area contributed by atoms with E-state index in [-0.39, 0.29) is 29.3 Å². The Morgan fingerprint density at radius 2 is 1.87 bits per heavy atom. The van der Waals surface area contributed by atoms with Crippen LogP contribution in [0.25, 0.3) is 0 Å². The number of nitrogens with zero attached hydrogens (tertiary/aromatic N) is 1. The van der Waals surface area contributed by atoms with E-state index in [1.807, 2.05) is 0 Å². The third-order valence-corrected chi connectivity index (χ3v) is 7.56. The van der Waals surface area contributed by atoms with Gasteiger partial charge < -0.3 is 5.32 Å². The van der Waals surface area contributed by atoms with Gasteiger partial charge in [-0.2, -0.15) is 4.31 Å². The molecule has 126 valence electrons. The van der Waals surface area contributed by atoms with E-state index in [1.54, 1.807) is 24.3 Å². The fraction of sp³-hybridized carbons (Fsp3) is 0.562. The second-order valence-electron chi connectivity index (χ2n) is 6.27. The fourth-order valence-corrected chi connectivity index (χ4v) is 5.81. The molecule has 0 bridgehead atoms. The zero-order valence-electron chi connectivity index (χ0n) is 12.9. The van der Waals surface area contributed by atoms with Gasteiger partial charge in [-0.3, -0.25) is 4.79 Å². The molecular weight excluding hydrogens is 380 g/mol. The molecule has 1 aliphatic carbocycles. The lowest BCUT2D eigenvalue weighted by atomic mass is 10.1. The lowest BCUT2D eigenvalue weighted by Gasteiger charge is -2.18. The van der Waals surface area contributed by atoms with Gasteiger partial charge in [0.05, 0.1) is 10.8 Å². The molecule has 1 atom stereocenters. The molecule has 1 unspecified atom stereocenters. The van der Waals surface area contributed by atoms with Crippen molar-refractivity contribution in [1.82, 2.24) is 9.62 Å². The average Bonchev–Trinajstić information content (AvgIpc) is 3.19. The molecule has 0 aromatic heterocycles. The molecule has 2 aliphatic rings. The first-order chi connectivity index (χ1) is 11.0. The molecule has 1 heterocycles. The molecule has 1 aromatic rings. The molecule has 0 radical (unpaired) electrons. The molecule has 3 rings (SSSR count). The van der Waals surface area contributed by atoms with Crippen LogP contribution in [0.5, 0.6) is 0 Å². The second-order valence-corrected chi connectivity index (χ2v) is 9.03. The van der Waals surface area contributed by atoms with Crippen LogP contribution >= 0.6 is 15.9 Å². The van der Waals surface area contributed by atoms with Crippen LogP contribution < -0.4 is 5.32 Å². The third-order valence-electron chi connectivity index (χ3n) is 4.68. The Bertz CT molecular complexity index is 686. The maximum absolute atomic E-state index is 12.7. The standard InChI is InChI=1S/C16H21BrN2O3S/c17-14-7-3-4-8-15(14)23(21,22)19-10-9-12(11-19)16(20)18-13-5-1-2-6-13/h3-4,7-8,12-13H,1-2,5-6,9-11H2,(H,18,20). The summed E-state index contributed by atoms with van der Waals surface area (Å²) in [7, 11) is -3.56. The molecule has 1 aliphatic heterocycles. The number of benzene rings is 1. The summed E-state index contributed by atoms with van der Waals surface area (Å²) in [6.45, 7) is 0.661. The number of sulfonamides is 1. The Kier molecular flexibility index (Phi) is 5.08. The first-order valence-electron chi connectivity index (χ1n) is 8.03. The predicted molar refractivity (Wildman–Crippen MR) is 91.4 cm³/mol. The molecule has 1 saturated heterocycles. The first-order valence-corrected chi connectivity index (χ1v) is 10.3. The van der Waals surface area contributed by atoms with Gasteiger partial charge >= 0.3 is 0 Å². The van der Waals surface area contributed by atoms with E-state index in [0.29, 0.717) is 17.4 Å². The summed E-state index contributed by atoms with van der Waals surface area (Å²) in [6, 6.07) is 7.07. The summed E-state index contributed by atoms with van der Waals surface area (Å²) in [5.41, 5.74) is 0. The van der Waals surface area contributed by atoms with E-state index in [4.69, 9.17) is 0 Å². The van der Waals surface area contributed by atoms with Gasteiger partial charge in [-0.05, 0) is 47.3 Å². The van der Waals surface area contributed by atoms with E-state index in [1.165, 1.54) is 4.31 Å². The zero-order valence-corrected chi connectivity index (χ0v) is 15.3. The Labute approximate surface area is 145 Å². The maximum Gasteiger partial charge on any atom is 0.244 e. The maximum atomic E-state index is 12.7. The van der Waals surface area contributed by atoms with E-state index in [2.05, 4.69) is 21.2 Å². The lowest BCUT2D eigenvalue weighted by molar-refractivity contribution is -0.125. The summed E-state index contributed by atoms with van der Waals surface area (Å²) in [6.07, 6.45) is 4.99. The Morgan fingerprint density at radius 3 is 2.57 bits per heavy atom.